The second-order valence-electron chi connectivity index (χ2n) is 4.19. The van der Waals surface area contributed by atoms with Crippen LogP contribution in [-0.2, 0) is 11.3 Å². The van der Waals surface area contributed by atoms with Gasteiger partial charge in [0.25, 0.3) is 0 Å². The number of hydrogen-bond acceptors (Lipinski definition) is 4. The third-order valence-corrected chi connectivity index (χ3v) is 4.13. The normalized spacial score (nSPS) is 10.2. The summed E-state index contributed by atoms with van der Waals surface area (Å²) in [6.07, 6.45) is 1.72. The zero-order valence-corrected chi connectivity index (χ0v) is 13.9. The van der Waals surface area contributed by atoms with Crippen molar-refractivity contribution in [3.8, 4) is 5.75 Å². The lowest BCUT2D eigenvalue weighted by Crippen LogP contribution is -2.24. The molecule has 1 aromatic carbocycles. The van der Waals surface area contributed by atoms with Crippen molar-refractivity contribution in [1.29, 1.82) is 0 Å². The topological polar surface area (TPSA) is 51.2 Å². The molecular weight excluding hydrogens is 352 g/mol. The molecule has 1 heterocycles. The number of ether oxygens (including phenoxy) is 1. The van der Waals surface area contributed by atoms with Crippen LogP contribution in [0.5, 0.6) is 5.75 Å². The van der Waals surface area contributed by atoms with Gasteiger partial charge in [-0.3, -0.25) is 4.79 Å². The van der Waals surface area contributed by atoms with Crippen LogP contribution in [0.4, 0.5) is 0 Å². The van der Waals surface area contributed by atoms with Crippen molar-refractivity contribution in [1.82, 2.24) is 10.3 Å². The largest absolute Gasteiger partial charge is 0.496 e. The molecule has 21 heavy (non-hydrogen) atoms. The molecule has 6 heteroatoms. The molecule has 0 atom stereocenters. The number of hydrogen-bond donors (Lipinski definition) is 1. The van der Waals surface area contributed by atoms with Crippen molar-refractivity contribution in [2.24, 2.45) is 0 Å². The number of pyridine rings is 1. The summed E-state index contributed by atoms with van der Waals surface area (Å²) < 4.78 is 6.17. The van der Waals surface area contributed by atoms with Gasteiger partial charge in [0.1, 0.15) is 5.75 Å². The molecule has 0 spiro atoms. The van der Waals surface area contributed by atoms with Crippen LogP contribution in [0.15, 0.2) is 52.1 Å². The first-order chi connectivity index (χ1) is 10.2. The molecule has 1 N–H and O–H groups in total. The number of halogens is 1. The second kappa shape index (κ2) is 8.05. The minimum atomic E-state index is -0.0318. The maximum absolute atomic E-state index is 11.8. The van der Waals surface area contributed by atoms with Crippen molar-refractivity contribution in [3.63, 3.8) is 0 Å². The van der Waals surface area contributed by atoms with Crippen LogP contribution in [0, 0.1) is 0 Å². The van der Waals surface area contributed by atoms with E-state index in [9.17, 15) is 4.79 Å². The van der Waals surface area contributed by atoms with E-state index < -0.39 is 0 Å². The predicted octanol–water partition coefficient (Wildman–Crippen LogP) is 3.26. The van der Waals surface area contributed by atoms with Gasteiger partial charge in [0.05, 0.1) is 17.9 Å². The van der Waals surface area contributed by atoms with Crippen molar-refractivity contribution < 1.29 is 9.53 Å². The Morgan fingerprint density at radius 1 is 1.33 bits per heavy atom. The number of nitrogens with zero attached hydrogens (tertiary/aromatic N) is 1. The summed E-state index contributed by atoms with van der Waals surface area (Å²) in [4.78, 5) is 16.1. The zero-order valence-electron chi connectivity index (χ0n) is 11.5. The van der Waals surface area contributed by atoms with Crippen molar-refractivity contribution in [3.05, 3.63) is 52.6 Å². The van der Waals surface area contributed by atoms with Gasteiger partial charge in [0.2, 0.25) is 5.91 Å². The first-order valence-electron chi connectivity index (χ1n) is 6.32. The maximum Gasteiger partial charge on any atom is 0.230 e. The number of amides is 1. The minimum Gasteiger partial charge on any atom is -0.496 e. The molecule has 0 saturated heterocycles. The number of methoxy groups -OCH3 is 1. The third kappa shape index (κ3) is 5.06. The summed E-state index contributed by atoms with van der Waals surface area (Å²) in [5.41, 5.74) is 0.958. The highest BCUT2D eigenvalue weighted by atomic mass is 79.9. The number of benzene rings is 1. The van der Waals surface area contributed by atoms with Gasteiger partial charge in [0, 0.05) is 22.8 Å². The Kier molecular flexibility index (Phi) is 6.07. The molecule has 0 aliphatic rings. The van der Waals surface area contributed by atoms with E-state index in [1.807, 2.05) is 36.4 Å². The third-order valence-electron chi connectivity index (χ3n) is 2.72. The molecule has 0 saturated carbocycles. The molecule has 0 bridgehead atoms. The van der Waals surface area contributed by atoms with Gasteiger partial charge in [-0.25, -0.2) is 4.98 Å². The number of para-hydroxylation sites is 1. The Labute approximate surface area is 136 Å². The molecule has 0 radical (unpaired) electrons. The standard InChI is InChI=1S/C15H15BrN2O2S/c1-20-13-5-3-2-4-11(13)8-17-14(19)10-21-15-7-6-12(16)9-18-15/h2-7,9H,8,10H2,1H3,(H,17,19). The smallest absolute Gasteiger partial charge is 0.230 e. The average molecular weight is 367 g/mol. The van der Waals surface area contributed by atoms with Gasteiger partial charge < -0.3 is 10.1 Å². The van der Waals surface area contributed by atoms with E-state index in [4.69, 9.17) is 4.74 Å². The van der Waals surface area contributed by atoms with Crippen LogP contribution in [0.2, 0.25) is 0 Å². The molecule has 1 amide bonds. The van der Waals surface area contributed by atoms with E-state index in [2.05, 4.69) is 26.2 Å². The highest BCUT2D eigenvalue weighted by molar-refractivity contribution is 9.10. The first kappa shape index (κ1) is 15.9. The van der Waals surface area contributed by atoms with Gasteiger partial charge in [-0.2, -0.15) is 0 Å². The molecular formula is C15H15BrN2O2S. The van der Waals surface area contributed by atoms with Crippen molar-refractivity contribution in [2.75, 3.05) is 12.9 Å². The molecule has 2 aromatic rings. The Bertz CT molecular complexity index is 605. The SMILES string of the molecule is COc1ccccc1CNC(=O)CSc1ccc(Br)cn1. The van der Waals surface area contributed by atoms with Crippen molar-refractivity contribution >= 4 is 33.6 Å². The first-order valence-corrected chi connectivity index (χ1v) is 8.10. The highest BCUT2D eigenvalue weighted by Gasteiger charge is 2.06. The van der Waals surface area contributed by atoms with Crippen LogP contribution < -0.4 is 10.1 Å². The number of nitrogens with one attached hydrogen (secondary N) is 1. The van der Waals surface area contributed by atoms with E-state index in [-0.39, 0.29) is 5.91 Å². The predicted molar refractivity (Wildman–Crippen MR) is 87.5 cm³/mol. The number of carbonyl (C=O) groups is 1. The Hall–Kier alpha value is -1.53. The van der Waals surface area contributed by atoms with E-state index in [1.165, 1.54) is 11.8 Å². The highest BCUT2D eigenvalue weighted by Crippen LogP contribution is 2.18. The number of carbonyl (C=O) groups excluding carboxylic acids is 1. The molecule has 1 aromatic heterocycles. The van der Waals surface area contributed by atoms with Crippen LogP contribution >= 0.6 is 27.7 Å². The fourth-order valence-corrected chi connectivity index (χ4v) is 2.59. The van der Waals surface area contributed by atoms with E-state index in [0.717, 1.165) is 20.8 Å². The summed E-state index contributed by atoms with van der Waals surface area (Å²) >= 11 is 4.73. The second-order valence-corrected chi connectivity index (χ2v) is 6.10. The summed E-state index contributed by atoms with van der Waals surface area (Å²) in [6, 6.07) is 11.4. The monoisotopic (exact) mass is 366 g/mol. The Balaban J connectivity index is 1.81. The lowest BCUT2D eigenvalue weighted by atomic mass is 10.2. The summed E-state index contributed by atoms with van der Waals surface area (Å²) in [5.74, 6) is 1.08. The molecule has 0 aliphatic carbocycles. The van der Waals surface area contributed by atoms with Crippen LogP contribution in [0.1, 0.15) is 5.56 Å². The molecule has 110 valence electrons. The average Bonchev–Trinajstić information content (AvgIpc) is 2.52. The van der Waals surface area contributed by atoms with Gasteiger partial charge >= 0.3 is 0 Å². The lowest BCUT2D eigenvalue weighted by Gasteiger charge is -2.09. The van der Waals surface area contributed by atoms with Gasteiger partial charge in [-0.1, -0.05) is 30.0 Å². The summed E-state index contributed by atoms with van der Waals surface area (Å²) in [6.45, 7) is 0.456. The fourth-order valence-electron chi connectivity index (χ4n) is 1.68. The minimum absolute atomic E-state index is 0.0318. The molecule has 0 unspecified atom stereocenters. The quantitative estimate of drug-likeness (QED) is 0.797. The molecule has 2 rings (SSSR count). The van der Waals surface area contributed by atoms with Gasteiger partial charge in [-0.05, 0) is 34.1 Å². The van der Waals surface area contributed by atoms with Crippen LogP contribution in [-0.4, -0.2) is 23.8 Å². The van der Waals surface area contributed by atoms with Crippen molar-refractivity contribution in [2.45, 2.75) is 11.6 Å². The van der Waals surface area contributed by atoms with Gasteiger partial charge in [-0.15, -0.1) is 0 Å². The Morgan fingerprint density at radius 2 is 2.14 bits per heavy atom. The van der Waals surface area contributed by atoms with E-state index in [1.54, 1.807) is 13.3 Å². The molecule has 4 nitrogen and oxygen atoms in total. The number of thioether (sulfide) groups is 1. The van der Waals surface area contributed by atoms with Crippen LogP contribution in [0.25, 0.3) is 0 Å². The van der Waals surface area contributed by atoms with Crippen LogP contribution in [0.3, 0.4) is 0 Å². The van der Waals surface area contributed by atoms with Gasteiger partial charge in [0.15, 0.2) is 0 Å². The number of aromatic nitrogens is 1. The number of rotatable bonds is 6. The summed E-state index contributed by atoms with van der Waals surface area (Å²) in [7, 11) is 1.62. The lowest BCUT2D eigenvalue weighted by molar-refractivity contribution is -0.118. The fraction of sp³-hybridized carbons (Fsp3) is 0.200. The van der Waals surface area contributed by atoms with E-state index >= 15 is 0 Å². The maximum atomic E-state index is 11.8. The molecule has 0 fully saturated rings. The van der Waals surface area contributed by atoms with E-state index in [0.29, 0.717) is 12.3 Å². The molecule has 0 aliphatic heterocycles. The zero-order chi connectivity index (χ0) is 15.1. The summed E-state index contributed by atoms with van der Waals surface area (Å²) in [5, 5.41) is 3.70. The Morgan fingerprint density at radius 3 is 2.86 bits per heavy atom.